The number of ether oxygens (including phenoxy) is 4. The van der Waals surface area contributed by atoms with Crippen LogP contribution >= 0.6 is 0 Å². The van der Waals surface area contributed by atoms with E-state index in [9.17, 15) is 4.79 Å². The van der Waals surface area contributed by atoms with E-state index in [0.29, 0.717) is 65.6 Å². The Balaban J connectivity index is -0.00000134. The molecule has 0 aliphatic carbocycles. The Bertz CT molecular complexity index is 326. The maximum atomic E-state index is 11.4. The summed E-state index contributed by atoms with van der Waals surface area (Å²) in [7, 11) is 0. The van der Waals surface area contributed by atoms with Crippen molar-refractivity contribution in [2.45, 2.75) is 60.8 Å². The summed E-state index contributed by atoms with van der Waals surface area (Å²) in [6.45, 7) is 17.0. The lowest BCUT2D eigenvalue weighted by Crippen LogP contribution is -2.27. The molecule has 0 atom stereocenters. The Labute approximate surface area is 167 Å². The van der Waals surface area contributed by atoms with Crippen LogP contribution in [0.15, 0.2) is 0 Å². The van der Waals surface area contributed by atoms with Gasteiger partial charge in [-0.25, -0.2) is 0 Å². The minimum Gasteiger partial charge on any atom is -0.379 e. The van der Waals surface area contributed by atoms with Crippen molar-refractivity contribution in [3.63, 3.8) is 0 Å². The molecule has 0 aromatic heterocycles. The zero-order valence-electron chi connectivity index (χ0n) is 18.5. The normalized spacial score (nSPS) is 9.11. The molecule has 0 aliphatic rings. The van der Waals surface area contributed by atoms with Gasteiger partial charge in [0.1, 0.15) is 0 Å². The third-order valence-corrected chi connectivity index (χ3v) is 2.69. The molecule has 162 valence electrons. The topological polar surface area (TPSA) is 66.0 Å². The van der Waals surface area contributed by atoms with Crippen molar-refractivity contribution in [2.24, 2.45) is 0 Å². The second-order valence-corrected chi connectivity index (χ2v) is 4.73. The Hall–Kier alpha value is -1.13. The van der Waals surface area contributed by atoms with Crippen molar-refractivity contribution < 1.29 is 23.7 Å². The molecule has 0 rings (SSSR count). The number of hydrogen-bond acceptors (Lipinski definition) is 5. The van der Waals surface area contributed by atoms with Crippen LogP contribution in [0.2, 0.25) is 0 Å². The minimum atomic E-state index is 0.00710. The van der Waals surface area contributed by atoms with E-state index in [4.69, 9.17) is 18.9 Å². The van der Waals surface area contributed by atoms with Gasteiger partial charge in [0.05, 0.1) is 46.2 Å². The van der Waals surface area contributed by atoms with Crippen molar-refractivity contribution in [2.75, 3.05) is 59.4 Å². The van der Waals surface area contributed by atoms with Crippen molar-refractivity contribution in [1.82, 2.24) is 5.32 Å². The second-order valence-electron chi connectivity index (χ2n) is 4.73. The molecule has 0 unspecified atom stereocenters. The number of hydrogen-bond donors (Lipinski definition) is 1. The monoisotopic (exact) mass is 389 g/mol. The van der Waals surface area contributed by atoms with Gasteiger partial charge in [-0.3, -0.25) is 4.79 Å². The van der Waals surface area contributed by atoms with Gasteiger partial charge in [-0.05, 0) is 13.3 Å². The SMILES string of the molecule is CC.CC.CC#CCCC(=O)NCCOCCOCCOCCOCCC. The van der Waals surface area contributed by atoms with Gasteiger partial charge in [0, 0.05) is 26.0 Å². The predicted octanol–water partition coefficient (Wildman–Crippen LogP) is 3.43. The summed E-state index contributed by atoms with van der Waals surface area (Å²) in [4.78, 5) is 11.4. The van der Waals surface area contributed by atoms with Gasteiger partial charge in [-0.1, -0.05) is 34.6 Å². The molecule has 0 saturated heterocycles. The van der Waals surface area contributed by atoms with Crippen LogP contribution in [0.25, 0.3) is 0 Å². The molecule has 0 aromatic carbocycles. The molecule has 6 heteroatoms. The molecule has 1 N–H and O–H groups in total. The van der Waals surface area contributed by atoms with Crippen LogP contribution in [0.3, 0.4) is 0 Å². The first kappa shape index (κ1) is 30.6. The zero-order valence-corrected chi connectivity index (χ0v) is 18.5. The number of carbonyl (C=O) groups excluding carboxylic acids is 1. The summed E-state index contributed by atoms with van der Waals surface area (Å²) in [6.07, 6.45) is 2.07. The maximum absolute atomic E-state index is 11.4. The fraction of sp³-hybridized carbons (Fsp3) is 0.857. The lowest BCUT2D eigenvalue weighted by atomic mass is 10.3. The van der Waals surface area contributed by atoms with Crippen molar-refractivity contribution >= 4 is 5.91 Å². The largest absolute Gasteiger partial charge is 0.379 e. The molecule has 6 nitrogen and oxygen atoms in total. The van der Waals surface area contributed by atoms with Crippen LogP contribution in [0.5, 0.6) is 0 Å². The van der Waals surface area contributed by atoms with Gasteiger partial charge >= 0.3 is 0 Å². The van der Waals surface area contributed by atoms with Gasteiger partial charge in [-0.15, -0.1) is 11.8 Å². The van der Waals surface area contributed by atoms with E-state index in [1.54, 1.807) is 6.92 Å². The first-order valence-electron chi connectivity index (χ1n) is 10.3. The summed E-state index contributed by atoms with van der Waals surface area (Å²) < 4.78 is 21.3. The van der Waals surface area contributed by atoms with Gasteiger partial charge < -0.3 is 24.3 Å². The van der Waals surface area contributed by atoms with Crippen LogP contribution in [-0.4, -0.2) is 65.3 Å². The van der Waals surface area contributed by atoms with E-state index in [2.05, 4.69) is 24.1 Å². The third kappa shape index (κ3) is 32.9. The standard InChI is InChI=1S/C17H31NO5.2C2H6/c1-3-5-6-7-17(19)18-8-10-21-12-14-23-16-15-22-13-11-20-9-4-2;2*1-2/h4,6-16H2,1-2H3,(H,18,19);2*1-2H3. The highest BCUT2D eigenvalue weighted by atomic mass is 16.6. The number of rotatable bonds is 16. The summed E-state index contributed by atoms with van der Waals surface area (Å²) in [5.74, 6) is 5.62. The highest BCUT2D eigenvalue weighted by molar-refractivity contribution is 5.76. The van der Waals surface area contributed by atoms with Crippen LogP contribution in [0.4, 0.5) is 0 Å². The average molecular weight is 390 g/mol. The number of amides is 1. The Morgan fingerprint density at radius 1 is 0.778 bits per heavy atom. The zero-order chi connectivity index (χ0) is 21.0. The van der Waals surface area contributed by atoms with Crippen LogP contribution < -0.4 is 5.32 Å². The van der Waals surface area contributed by atoms with E-state index in [1.807, 2.05) is 27.7 Å². The lowest BCUT2D eigenvalue weighted by Gasteiger charge is -2.07. The fourth-order valence-corrected chi connectivity index (χ4v) is 1.56. The Morgan fingerprint density at radius 2 is 1.22 bits per heavy atom. The van der Waals surface area contributed by atoms with E-state index in [0.717, 1.165) is 13.0 Å². The molecular weight excluding hydrogens is 346 g/mol. The van der Waals surface area contributed by atoms with Crippen LogP contribution in [-0.2, 0) is 23.7 Å². The fourth-order valence-electron chi connectivity index (χ4n) is 1.56. The summed E-state index contributed by atoms with van der Waals surface area (Å²) in [5, 5.41) is 2.78. The molecule has 0 spiro atoms. The molecule has 0 bridgehead atoms. The van der Waals surface area contributed by atoms with E-state index < -0.39 is 0 Å². The Morgan fingerprint density at radius 3 is 1.67 bits per heavy atom. The smallest absolute Gasteiger partial charge is 0.221 e. The summed E-state index contributed by atoms with van der Waals surface area (Å²) in [6, 6.07) is 0. The molecule has 0 aliphatic heterocycles. The second kappa shape index (κ2) is 32.5. The summed E-state index contributed by atoms with van der Waals surface area (Å²) in [5.41, 5.74) is 0. The van der Waals surface area contributed by atoms with Crippen LogP contribution in [0, 0.1) is 11.8 Å². The molecule has 1 amide bonds. The van der Waals surface area contributed by atoms with Crippen molar-refractivity contribution in [3.8, 4) is 11.8 Å². The molecule has 0 fully saturated rings. The number of carbonyl (C=O) groups is 1. The van der Waals surface area contributed by atoms with Gasteiger partial charge in [0.15, 0.2) is 0 Å². The van der Waals surface area contributed by atoms with Gasteiger partial charge in [-0.2, -0.15) is 0 Å². The molecular formula is C21H43NO5. The lowest BCUT2D eigenvalue weighted by molar-refractivity contribution is -0.121. The van der Waals surface area contributed by atoms with Gasteiger partial charge in [0.2, 0.25) is 5.91 Å². The van der Waals surface area contributed by atoms with Crippen LogP contribution in [0.1, 0.15) is 60.8 Å². The van der Waals surface area contributed by atoms with E-state index in [-0.39, 0.29) is 5.91 Å². The molecule has 0 radical (unpaired) electrons. The quantitative estimate of drug-likeness (QED) is 0.324. The third-order valence-electron chi connectivity index (χ3n) is 2.69. The van der Waals surface area contributed by atoms with E-state index in [1.165, 1.54) is 0 Å². The predicted molar refractivity (Wildman–Crippen MR) is 112 cm³/mol. The highest BCUT2D eigenvalue weighted by Gasteiger charge is 1.98. The molecule has 27 heavy (non-hydrogen) atoms. The first-order valence-corrected chi connectivity index (χ1v) is 10.3. The molecule has 0 heterocycles. The Kier molecular flexibility index (Phi) is 36.9. The van der Waals surface area contributed by atoms with Gasteiger partial charge in [0.25, 0.3) is 0 Å². The van der Waals surface area contributed by atoms with Crippen molar-refractivity contribution in [3.05, 3.63) is 0 Å². The minimum absolute atomic E-state index is 0.00710. The summed E-state index contributed by atoms with van der Waals surface area (Å²) >= 11 is 0. The highest BCUT2D eigenvalue weighted by Crippen LogP contribution is 1.86. The number of nitrogens with one attached hydrogen (secondary N) is 1. The maximum Gasteiger partial charge on any atom is 0.221 e. The van der Waals surface area contributed by atoms with Crippen molar-refractivity contribution in [1.29, 1.82) is 0 Å². The van der Waals surface area contributed by atoms with E-state index >= 15 is 0 Å². The first-order chi connectivity index (χ1) is 13.3. The molecule has 0 saturated carbocycles. The average Bonchev–Trinajstić information content (AvgIpc) is 2.71. The molecule has 0 aromatic rings.